The minimum atomic E-state index is -3.79. The SMILES string of the molecule is CCCCc1ccc(NS(=O)(=O)c2cccc(C(=O)NC(C)COC)c2)cc1. The van der Waals surface area contributed by atoms with Gasteiger partial charge < -0.3 is 10.1 Å². The van der Waals surface area contributed by atoms with Crippen LogP contribution >= 0.6 is 0 Å². The second-order valence-electron chi connectivity index (χ2n) is 6.76. The summed E-state index contributed by atoms with van der Waals surface area (Å²) in [6.45, 7) is 4.32. The molecule has 0 aliphatic heterocycles. The van der Waals surface area contributed by atoms with E-state index < -0.39 is 10.0 Å². The van der Waals surface area contributed by atoms with Crippen LogP contribution in [0.5, 0.6) is 0 Å². The topological polar surface area (TPSA) is 84.5 Å². The van der Waals surface area contributed by atoms with E-state index in [0.29, 0.717) is 12.3 Å². The maximum absolute atomic E-state index is 12.7. The lowest BCUT2D eigenvalue weighted by Gasteiger charge is -2.13. The van der Waals surface area contributed by atoms with Crippen LogP contribution in [0.2, 0.25) is 0 Å². The molecule has 2 aromatic rings. The lowest BCUT2D eigenvalue weighted by molar-refractivity contribution is 0.0905. The number of amides is 1. The Hall–Kier alpha value is -2.38. The van der Waals surface area contributed by atoms with Crippen molar-refractivity contribution in [2.45, 2.75) is 44.0 Å². The van der Waals surface area contributed by atoms with Crippen molar-refractivity contribution in [3.8, 4) is 0 Å². The van der Waals surface area contributed by atoms with Gasteiger partial charge in [-0.1, -0.05) is 31.5 Å². The maximum Gasteiger partial charge on any atom is 0.261 e. The van der Waals surface area contributed by atoms with Gasteiger partial charge in [0.25, 0.3) is 15.9 Å². The monoisotopic (exact) mass is 404 g/mol. The predicted molar refractivity (Wildman–Crippen MR) is 111 cm³/mol. The van der Waals surface area contributed by atoms with E-state index in [4.69, 9.17) is 4.74 Å². The van der Waals surface area contributed by atoms with Gasteiger partial charge in [-0.3, -0.25) is 9.52 Å². The van der Waals surface area contributed by atoms with Crippen molar-refractivity contribution in [2.75, 3.05) is 18.4 Å². The van der Waals surface area contributed by atoms with Crippen molar-refractivity contribution in [2.24, 2.45) is 0 Å². The van der Waals surface area contributed by atoms with Crippen LogP contribution in [0.4, 0.5) is 5.69 Å². The maximum atomic E-state index is 12.7. The summed E-state index contributed by atoms with van der Waals surface area (Å²) in [6.07, 6.45) is 3.19. The van der Waals surface area contributed by atoms with Crippen LogP contribution < -0.4 is 10.0 Å². The van der Waals surface area contributed by atoms with Crippen molar-refractivity contribution >= 4 is 21.6 Å². The number of rotatable bonds is 10. The number of hydrogen-bond acceptors (Lipinski definition) is 4. The van der Waals surface area contributed by atoms with Crippen LogP contribution in [0, 0.1) is 0 Å². The third-order valence-electron chi connectivity index (χ3n) is 4.23. The molecule has 0 aromatic heterocycles. The molecular weight excluding hydrogens is 376 g/mol. The fourth-order valence-corrected chi connectivity index (χ4v) is 3.84. The number of hydrogen-bond donors (Lipinski definition) is 2. The number of anilines is 1. The second kappa shape index (κ2) is 10.2. The van der Waals surface area contributed by atoms with Gasteiger partial charge in [-0.2, -0.15) is 0 Å². The standard InChI is InChI=1S/C21H28N2O4S/c1-4-5-7-17-10-12-19(13-11-17)23-28(25,26)20-9-6-8-18(14-20)21(24)22-16(2)15-27-3/h6,8-14,16,23H,4-5,7,15H2,1-3H3,(H,22,24). The highest BCUT2D eigenvalue weighted by Crippen LogP contribution is 2.18. The van der Waals surface area contributed by atoms with Gasteiger partial charge in [-0.15, -0.1) is 0 Å². The van der Waals surface area contributed by atoms with Gasteiger partial charge in [0.2, 0.25) is 0 Å². The molecule has 2 aromatic carbocycles. The van der Waals surface area contributed by atoms with Crippen LogP contribution in [-0.2, 0) is 21.2 Å². The molecule has 152 valence electrons. The van der Waals surface area contributed by atoms with Crippen LogP contribution in [0.15, 0.2) is 53.4 Å². The van der Waals surface area contributed by atoms with Gasteiger partial charge in [-0.25, -0.2) is 8.42 Å². The molecule has 28 heavy (non-hydrogen) atoms. The summed E-state index contributed by atoms with van der Waals surface area (Å²) in [6, 6.07) is 13.1. The molecule has 0 bridgehead atoms. The first-order valence-corrected chi connectivity index (χ1v) is 10.9. The highest BCUT2D eigenvalue weighted by molar-refractivity contribution is 7.92. The molecular formula is C21H28N2O4S. The molecule has 0 aliphatic rings. The minimum absolute atomic E-state index is 0.0367. The van der Waals surface area contributed by atoms with E-state index in [1.807, 2.05) is 19.1 Å². The van der Waals surface area contributed by atoms with Crippen molar-refractivity contribution in [3.05, 3.63) is 59.7 Å². The van der Waals surface area contributed by atoms with Crippen LogP contribution in [0.25, 0.3) is 0 Å². The van der Waals surface area contributed by atoms with Gasteiger partial charge in [0.05, 0.1) is 11.5 Å². The number of sulfonamides is 1. The summed E-state index contributed by atoms with van der Waals surface area (Å²) < 4.78 is 33.0. The molecule has 2 rings (SSSR count). The average molecular weight is 405 g/mol. The number of ether oxygens (including phenoxy) is 1. The van der Waals surface area contributed by atoms with Gasteiger partial charge in [-0.05, 0) is 55.7 Å². The highest BCUT2D eigenvalue weighted by Gasteiger charge is 2.17. The Morgan fingerprint density at radius 1 is 1.14 bits per heavy atom. The second-order valence-corrected chi connectivity index (χ2v) is 8.45. The smallest absolute Gasteiger partial charge is 0.261 e. The van der Waals surface area contributed by atoms with E-state index in [0.717, 1.165) is 19.3 Å². The quantitative estimate of drug-likeness (QED) is 0.634. The van der Waals surface area contributed by atoms with Gasteiger partial charge in [0.15, 0.2) is 0 Å². The van der Waals surface area contributed by atoms with E-state index >= 15 is 0 Å². The normalized spacial score (nSPS) is 12.4. The summed E-state index contributed by atoms with van der Waals surface area (Å²) >= 11 is 0. The Kier molecular flexibility index (Phi) is 8.02. The van der Waals surface area contributed by atoms with E-state index in [-0.39, 0.29) is 22.4 Å². The number of unbranched alkanes of at least 4 members (excludes halogenated alkanes) is 1. The molecule has 0 saturated carbocycles. The van der Waals surface area contributed by atoms with Crippen molar-refractivity contribution < 1.29 is 17.9 Å². The molecule has 6 nitrogen and oxygen atoms in total. The predicted octanol–water partition coefficient (Wildman–Crippen LogP) is 3.59. The van der Waals surface area contributed by atoms with Crippen LogP contribution in [0.1, 0.15) is 42.6 Å². The first-order chi connectivity index (χ1) is 13.4. The fraction of sp³-hybridized carbons (Fsp3) is 0.381. The van der Waals surface area contributed by atoms with Crippen LogP contribution in [0.3, 0.4) is 0 Å². The first kappa shape index (κ1) is 21.9. The molecule has 0 spiro atoms. The third kappa shape index (κ3) is 6.35. The molecule has 0 heterocycles. The molecule has 0 fully saturated rings. The third-order valence-corrected chi connectivity index (χ3v) is 5.60. The van der Waals surface area contributed by atoms with Crippen LogP contribution in [-0.4, -0.2) is 34.1 Å². The summed E-state index contributed by atoms with van der Waals surface area (Å²) in [5, 5.41) is 2.77. The summed E-state index contributed by atoms with van der Waals surface area (Å²) in [7, 11) is -2.24. The number of carbonyl (C=O) groups excluding carboxylic acids is 1. The Balaban J connectivity index is 2.12. The number of methoxy groups -OCH3 is 1. The number of benzene rings is 2. The van der Waals surface area contributed by atoms with Crippen molar-refractivity contribution in [3.63, 3.8) is 0 Å². The molecule has 0 aliphatic carbocycles. The summed E-state index contributed by atoms with van der Waals surface area (Å²) in [5.41, 5.74) is 1.94. The minimum Gasteiger partial charge on any atom is -0.383 e. The zero-order valence-corrected chi connectivity index (χ0v) is 17.4. The van der Waals surface area contributed by atoms with E-state index in [1.165, 1.54) is 17.7 Å². The lowest BCUT2D eigenvalue weighted by atomic mass is 10.1. The largest absolute Gasteiger partial charge is 0.383 e. The number of carbonyl (C=O) groups is 1. The zero-order valence-electron chi connectivity index (χ0n) is 16.6. The molecule has 7 heteroatoms. The van der Waals surface area contributed by atoms with Gasteiger partial charge in [0, 0.05) is 24.4 Å². The summed E-state index contributed by atoms with van der Waals surface area (Å²) in [5.74, 6) is -0.345. The lowest BCUT2D eigenvalue weighted by Crippen LogP contribution is -2.35. The van der Waals surface area contributed by atoms with Crippen molar-refractivity contribution in [1.82, 2.24) is 5.32 Å². The van der Waals surface area contributed by atoms with E-state index in [2.05, 4.69) is 17.0 Å². The van der Waals surface area contributed by atoms with Gasteiger partial charge >= 0.3 is 0 Å². The molecule has 1 unspecified atom stereocenters. The molecule has 1 amide bonds. The molecule has 0 radical (unpaired) electrons. The van der Waals surface area contributed by atoms with Crippen molar-refractivity contribution in [1.29, 1.82) is 0 Å². The number of aryl methyl sites for hydroxylation is 1. The Bertz CT molecular complexity index is 880. The molecule has 2 N–H and O–H groups in total. The Labute approximate surface area is 167 Å². The Morgan fingerprint density at radius 2 is 1.86 bits per heavy atom. The molecule has 0 saturated heterocycles. The average Bonchev–Trinajstić information content (AvgIpc) is 2.67. The highest BCUT2D eigenvalue weighted by atomic mass is 32.2. The van der Waals surface area contributed by atoms with E-state index in [9.17, 15) is 13.2 Å². The van der Waals surface area contributed by atoms with E-state index in [1.54, 1.807) is 31.4 Å². The van der Waals surface area contributed by atoms with Gasteiger partial charge in [0.1, 0.15) is 0 Å². The number of nitrogens with one attached hydrogen (secondary N) is 2. The Morgan fingerprint density at radius 3 is 2.50 bits per heavy atom. The first-order valence-electron chi connectivity index (χ1n) is 9.37. The zero-order chi connectivity index (χ0) is 20.6. The fourth-order valence-electron chi connectivity index (χ4n) is 2.74. The summed E-state index contributed by atoms with van der Waals surface area (Å²) in [4.78, 5) is 12.3. The molecule has 1 atom stereocenters.